The number of para-hydroxylation sites is 1. The van der Waals surface area contributed by atoms with Crippen molar-refractivity contribution in [1.82, 2.24) is 4.90 Å². The van der Waals surface area contributed by atoms with E-state index in [9.17, 15) is 19.8 Å². The van der Waals surface area contributed by atoms with E-state index in [0.29, 0.717) is 49.8 Å². The molecule has 4 unspecified atom stereocenters. The van der Waals surface area contributed by atoms with Crippen LogP contribution in [0, 0.1) is 28.6 Å². The topological polar surface area (TPSA) is 89.9 Å². The van der Waals surface area contributed by atoms with Crippen LogP contribution in [0.2, 0.25) is 0 Å². The number of anilines is 1. The fourth-order valence-corrected chi connectivity index (χ4v) is 12.9. The SMILES string of the molecule is CC1=CCCC2(C)C(CCC2(O)CN(CC23CC4CC(CC(C4)C2)C3)C(=O)Nc2ccccc2)c2ccc(cc2C(=O)c2ccc(-c3ccccc3)cc2)CC(O)CC1. The van der Waals surface area contributed by atoms with E-state index in [4.69, 9.17) is 0 Å². The Hall–Kier alpha value is -4.52. The third-order valence-corrected chi connectivity index (χ3v) is 15.6. The van der Waals surface area contributed by atoms with Crippen LogP contribution in [0.3, 0.4) is 0 Å². The molecule has 7 aliphatic carbocycles. The lowest BCUT2D eigenvalue weighted by atomic mass is 9.49. The summed E-state index contributed by atoms with van der Waals surface area (Å²) in [5.41, 5.74) is 5.60. The minimum atomic E-state index is -1.20. The Labute approximate surface area is 351 Å². The van der Waals surface area contributed by atoms with Gasteiger partial charge in [0.25, 0.3) is 0 Å². The van der Waals surface area contributed by atoms with Crippen LogP contribution in [-0.2, 0) is 6.42 Å². The Morgan fingerprint density at radius 1 is 0.780 bits per heavy atom. The molecule has 6 nitrogen and oxygen atoms in total. The number of nitrogens with one attached hydrogen (secondary N) is 1. The highest BCUT2D eigenvalue weighted by molar-refractivity contribution is 6.10. The number of benzene rings is 4. The molecule has 0 aromatic heterocycles. The fourth-order valence-electron chi connectivity index (χ4n) is 12.9. The van der Waals surface area contributed by atoms with Crippen LogP contribution < -0.4 is 5.32 Å². The van der Waals surface area contributed by atoms with Crippen molar-refractivity contribution in [2.75, 3.05) is 18.4 Å². The molecule has 11 rings (SSSR count). The minimum absolute atomic E-state index is 0.0396. The molecule has 4 atom stereocenters. The number of hydrogen-bond donors (Lipinski definition) is 3. The van der Waals surface area contributed by atoms with Gasteiger partial charge in [0.2, 0.25) is 0 Å². The van der Waals surface area contributed by atoms with Crippen LogP contribution in [-0.4, -0.2) is 51.7 Å². The van der Waals surface area contributed by atoms with E-state index in [2.05, 4.69) is 49.5 Å². The largest absolute Gasteiger partial charge is 0.393 e. The summed E-state index contributed by atoms with van der Waals surface area (Å²) >= 11 is 0. The second-order valence-electron chi connectivity index (χ2n) is 19.8. The van der Waals surface area contributed by atoms with Crippen molar-refractivity contribution in [2.45, 2.75) is 115 Å². The summed E-state index contributed by atoms with van der Waals surface area (Å²) in [7, 11) is 0. The second kappa shape index (κ2) is 16.2. The molecule has 0 aliphatic heterocycles. The lowest BCUT2D eigenvalue weighted by Gasteiger charge is -2.58. The molecule has 5 fully saturated rings. The quantitative estimate of drug-likeness (QED) is 0.122. The first-order valence-corrected chi connectivity index (χ1v) is 22.5. The van der Waals surface area contributed by atoms with Gasteiger partial charge in [-0.3, -0.25) is 4.79 Å². The van der Waals surface area contributed by atoms with Crippen molar-refractivity contribution in [2.24, 2.45) is 28.6 Å². The Morgan fingerprint density at radius 3 is 2.10 bits per heavy atom. The van der Waals surface area contributed by atoms with Gasteiger partial charge in [0.05, 0.1) is 18.2 Å². The number of nitrogens with zero attached hydrogens (tertiary/aromatic N) is 1. The molecule has 4 aromatic rings. The van der Waals surface area contributed by atoms with Gasteiger partial charge in [-0.2, -0.15) is 0 Å². The Kier molecular flexibility index (Phi) is 10.9. The zero-order chi connectivity index (χ0) is 40.8. The summed E-state index contributed by atoms with van der Waals surface area (Å²) in [6, 6.07) is 33.9. The van der Waals surface area contributed by atoms with Gasteiger partial charge in [-0.05, 0) is 160 Å². The highest BCUT2D eigenvalue weighted by Gasteiger charge is 2.59. The number of carbonyl (C=O) groups is 2. The minimum Gasteiger partial charge on any atom is -0.393 e. The van der Waals surface area contributed by atoms with Crippen molar-refractivity contribution in [3.63, 3.8) is 0 Å². The van der Waals surface area contributed by atoms with E-state index in [0.717, 1.165) is 58.5 Å². The van der Waals surface area contributed by atoms with Crippen molar-refractivity contribution in [1.29, 1.82) is 0 Å². The van der Waals surface area contributed by atoms with Gasteiger partial charge in [0.1, 0.15) is 0 Å². The summed E-state index contributed by atoms with van der Waals surface area (Å²) in [5, 5.41) is 27.8. The van der Waals surface area contributed by atoms with Crippen molar-refractivity contribution in [3.05, 3.63) is 137 Å². The lowest BCUT2D eigenvalue weighted by molar-refractivity contribution is -0.0975. The summed E-state index contributed by atoms with van der Waals surface area (Å²) in [6.07, 6.45) is 13.9. The molecule has 7 aliphatic rings. The van der Waals surface area contributed by atoms with Crippen LogP contribution >= 0.6 is 0 Å². The van der Waals surface area contributed by atoms with Crippen molar-refractivity contribution >= 4 is 17.5 Å². The van der Waals surface area contributed by atoms with Crippen molar-refractivity contribution < 1.29 is 19.8 Å². The first-order valence-electron chi connectivity index (χ1n) is 22.5. The van der Waals surface area contributed by atoms with Crippen LogP contribution in [0.5, 0.6) is 0 Å². The summed E-state index contributed by atoms with van der Waals surface area (Å²) < 4.78 is 0. The zero-order valence-corrected chi connectivity index (χ0v) is 35.0. The molecule has 4 aromatic carbocycles. The van der Waals surface area contributed by atoms with Gasteiger partial charge in [-0.15, -0.1) is 0 Å². The van der Waals surface area contributed by atoms with E-state index in [1.807, 2.05) is 83.8 Å². The molecule has 6 heteroatoms. The molecule has 59 heavy (non-hydrogen) atoms. The normalized spacial score (nSPS) is 31.3. The number of carbonyl (C=O) groups excluding carboxylic acids is 2. The smallest absolute Gasteiger partial charge is 0.321 e. The van der Waals surface area contributed by atoms with E-state index >= 15 is 0 Å². The van der Waals surface area contributed by atoms with E-state index < -0.39 is 17.1 Å². The third kappa shape index (κ3) is 8.08. The first-order chi connectivity index (χ1) is 28.5. The molecular weight excluding hydrogens is 729 g/mol. The van der Waals surface area contributed by atoms with Gasteiger partial charge in [-0.25, -0.2) is 4.79 Å². The van der Waals surface area contributed by atoms with Gasteiger partial charge in [0, 0.05) is 28.8 Å². The monoisotopic (exact) mass is 790 g/mol. The molecule has 6 bridgehead atoms. The predicted octanol–water partition coefficient (Wildman–Crippen LogP) is 11.4. The Morgan fingerprint density at radius 2 is 1.42 bits per heavy atom. The summed E-state index contributed by atoms with van der Waals surface area (Å²) in [6.45, 7) is 5.29. The molecule has 3 N–H and O–H groups in total. The first kappa shape index (κ1) is 39.9. The number of aliphatic hydroxyl groups is 2. The number of rotatable bonds is 8. The standard InChI is InChI=1S/C53H62N2O4/c1-36-10-9-24-51(2)48(46-22-16-37(29-45(56)21-15-36)30-47(46)49(57)43-19-17-42(18-20-43)41-11-5-3-6-12-41)23-25-53(51,59)35-55(50(58)54-44-13-7-4-8-14-44)34-52-31-38-26-39(32-52)28-40(27-38)33-52/h3-8,10-14,16-20,22,30,38-40,45,48,56,59H,9,15,21,23-29,31-35H2,1-2H3,(H,54,58). The van der Waals surface area contributed by atoms with Crippen LogP contribution in [0.25, 0.3) is 11.1 Å². The molecule has 5 saturated carbocycles. The highest BCUT2D eigenvalue weighted by atomic mass is 16.3. The Bertz CT molecular complexity index is 2140. The van der Waals surface area contributed by atoms with E-state index in [1.165, 1.54) is 44.1 Å². The highest BCUT2D eigenvalue weighted by Crippen LogP contribution is 2.62. The van der Waals surface area contributed by atoms with E-state index in [1.54, 1.807) is 0 Å². The van der Waals surface area contributed by atoms with Crippen LogP contribution in [0.15, 0.2) is 115 Å². The molecular formula is C53H62N2O4. The molecule has 0 saturated heterocycles. The second-order valence-corrected chi connectivity index (χ2v) is 19.8. The maximum atomic E-state index is 14.8. The lowest BCUT2D eigenvalue weighted by Crippen LogP contribution is -2.58. The molecule has 2 amide bonds. The molecule has 0 spiro atoms. The summed E-state index contributed by atoms with van der Waals surface area (Å²) in [5.74, 6) is 2.09. The average molecular weight is 791 g/mol. The average Bonchev–Trinajstić information content (AvgIpc) is 3.48. The van der Waals surface area contributed by atoms with Gasteiger partial charge in [-0.1, -0.05) is 104 Å². The maximum absolute atomic E-state index is 14.8. The Balaban J connectivity index is 1.08. The van der Waals surface area contributed by atoms with Crippen LogP contribution in [0.4, 0.5) is 10.5 Å². The van der Waals surface area contributed by atoms with E-state index in [-0.39, 0.29) is 29.7 Å². The molecule has 0 radical (unpaired) electrons. The number of fused-ring (bicyclic) bond motifs is 8. The van der Waals surface area contributed by atoms with Crippen LogP contribution in [0.1, 0.15) is 124 Å². The number of hydrogen-bond acceptors (Lipinski definition) is 4. The van der Waals surface area contributed by atoms with Gasteiger partial charge < -0.3 is 20.4 Å². The predicted molar refractivity (Wildman–Crippen MR) is 236 cm³/mol. The number of urea groups is 1. The van der Waals surface area contributed by atoms with Gasteiger partial charge in [0.15, 0.2) is 5.78 Å². The van der Waals surface area contributed by atoms with Gasteiger partial charge >= 0.3 is 6.03 Å². The zero-order valence-electron chi connectivity index (χ0n) is 35.0. The fraction of sp³-hybridized carbons (Fsp3) is 0.472. The molecule has 308 valence electrons. The molecule has 0 heterocycles. The summed E-state index contributed by atoms with van der Waals surface area (Å²) in [4.78, 5) is 31.4. The number of amides is 2. The number of aliphatic hydroxyl groups excluding tert-OH is 1. The maximum Gasteiger partial charge on any atom is 0.321 e. The number of allylic oxidation sites excluding steroid dienone is 2. The van der Waals surface area contributed by atoms with Crippen molar-refractivity contribution in [3.8, 4) is 11.1 Å². The third-order valence-electron chi connectivity index (χ3n) is 15.6. The number of ketones is 1.